The van der Waals surface area contributed by atoms with Crippen LogP contribution in [0.15, 0.2) is 24.3 Å². The van der Waals surface area contributed by atoms with E-state index in [1.165, 1.54) is 57.8 Å². The van der Waals surface area contributed by atoms with Gasteiger partial charge in [-0.05, 0) is 57.8 Å². The van der Waals surface area contributed by atoms with Crippen LogP contribution in [0, 0.1) is 6.42 Å². The molecule has 0 heterocycles. The Morgan fingerprint density at radius 2 is 0.929 bits per heavy atom. The second-order valence-electron chi connectivity index (χ2n) is 4.02. The number of hydrogen-bond acceptors (Lipinski definition) is 0. The van der Waals surface area contributed by atoms with Crippen LogP contribution in [0.25, 0.3) is 0 Å². The Morgan fingerprint density at radius 1 is 0.429 bits per heavy atom. The molecule has 0 spiro atoms. The van der Waals surface area contributed by atoms with Gasteiger partial charge < -0.3 is 0 Å². The van der Waals surface area contributed by atoms with Crippen molar-refractivity contribution in [3.8, 4) is 0 Å². The second-order valence-corrected chi connectivity index (χ2v) is 4.02. The average Bonchev–Trinajstić information content (AvgIpc) is 2.22. The topological polar surface area (TPSA) is 0 Å². The van der Waals surface area contributed by atoms with Crippen molar-refractivity contribution in [3.63, 3.8) is 0 Å². The highest BCUT2D eigenvalue weighted by Crippen LogP contribution is 2.08. The van der Waals surface area contributed by atoms with E-state index in [1.54, 1.807) is 0 Å². The molecule has 0 aromatic carbocycles. The van der Waals surface area contributed by atoms with Gasteiger partial charge in [0, 0.05) is 0 Å². The quantitative estimate of drug-likeness (QED) is 0.481. The highest BCUT2D eigenvalue weighted by molar-refractivity contribution is 4.87. The van der Waals surface area contributed by atoms with E-state index < -0.39 is 0 Å². The van der Waals surface area contributed by atoms with E-state index in [4.69, 9.17) is 0 Å². The fraction of sp³-hybridized carbons (Fsp3) is 0.643. The molecule has 0 aromatic heterocycles. The van der Waals surface area contributed by atoms with Gasteiger partial charge in [-0.3, -0.25) is 0 Å². The van der Waals surface area contributed by atoms with Crippen LogP contribution in [-0.4, -0.2) is 0 Å². The fourth-order valence-corrected chi connectivity index (χ4v) is 1.75. The Balaban J connectivity index is 2.15. The summed E-state index contributed by atoms with van der Waals surface area (Å²) in [4.78, 5) is 0. The SMILES string of the molecule is [CH]1CC/C=C/CCCCC/C=C/CC1. The molecular weight excluding hydrogens is 168 g/mol. The Labute approximate surface area is 89.1 Å². The first kappa shape index (κ1) is 11.6. The zero-order chi connectivity index (χ0) is 9.90. The molecule has 79 valence electrons. The van der Waals surface area contributed by atoms with Crippen molar-refractivity contribution >= 4 is 0 Å². The molecule has 1 aliphatic rings. The van der Waals surface area contributed by atoms with Crippen molar-refractivity contribution < 1.29 is 0 Å². The first-order chi connectivity index (χ1) is 7.00. The van der Waals surface area contributed by atoms with Crippen LogP contribution in [0.2, 0.25) is 0 Å². The van der Waals surface area contributed by atoms with E-state index in [-0.39, 0.29) is 0 Å². The summed E-state index contributed by atoms with van der Waals surface area (Å²) in [6.45, 7) is 0. The van der Waals surface area contributed by atoms with Gasteiger partial charge in [-0.25, -0.2) is 0 Å². The summed E-state index contributed by atoms with van der Waals surface area (Å²) >= 11 is 0. The van der Waals surface area contributed by atoms with E-state index in [2.05, 4.69) is 30.7 Å². The summed E-state index contributed by atoms with van der Waals surface area (Å²) < 4.78 is 0. The molecule has 0 saturated heterocycles. The summed E-state index contributed by atoms with van der Waals surface area (Å²) in [7, 11) is 0. The summed E-state index contributed by atoms with van der Waals surface area (Å²) in [5, 5.41) is 0. The van der Waals surface area contributed by atoms with Crippen LogP contribution in [0.3, 0.4) is 0 Å². The second kappa shape index (κ2) is 9.05. The molecule has 1 aliphatic carbocycles. The van der Waals surface area contributed by atoms with Crippen LogP contribution >= 0.6 is 0 Å². The molecule has 0 atom stereocenters. The van der Waals surface area contributed by atoms with Gasteiger partial charge in [0.25, 0.3) is 0 Å². The minimum atomic E-state index is 1.24. The predicted octanol–water partition coefficient (Wildman–Crippen LogP) is 4.83. The Bertz CT molecular complexity index is 129. The maximum absolute atomic E-state index is 2.42. The molecule has 0 heteroatoms. The molecule has 0 aliphatic heterocycles. The summed E-state index contributed by atoms with van der Waals surface area (Å²) in [6.07, 6.45) is 23.5. The van der Waals surface area contributed by atoms with Crippen LogP contribution in [0.5, 0.6) is 0 Å². The minimum absolute atomic E-state index is 1.24. The average molecular weight is 191 g/mol. The van der Waals surface area contributed by atoms with Gasteiger partial charge in [-0.1, -0.05) is 30.7 Å². The lowest BCUT2D eigenvalue weighted by Gasteiger charge is -1.98. The lowest BCUT2D eigenvalue weighted by Crippen LogP contribution is -1.79. The van der Waals surface area contributed by atoms with Crippen molar-refractivity contribution in [2.24, 2.45) is 0 Å². The Hall–Kier alpha value is -0.520. The van der Waals surface area contributed by atoms with Gasteiger partial charge in [0.15, 0.2) is 0 Å². The molecule has 0 bridgehead atoms. The number of hydrogen-bond donors (Lipinski definition) is 0. The Morgan fingerprint density at radius 3 is 1.50 bits per heavy atom. The van der Waals surface area contributed by atoms with Crippen LogP contribution in [-0.2, 0) is 0 Å². The lowest BCUT2D eigenvalue weighted by molar-refractivity contribution is 0.692. The summed E-state index contributed by atoms with van der Waals surface area (Å²) in [5.41, 5.74) is 0. The van der Waals surface area contributed by atoms with Crippen LogP contribution in [0.1, 0.15) is 57.8 Å². The molecule has 0 saturated carbocycles. The minimum Gasteiger partial charge on any atom is -0.0885 e. The number of rotatable bonds is 0. The van der Waals surface area contributed by atoms with Crippen LogP contribution in [0.4, 0.5) is 0 Å². The van der Waals surface area contributed by atoms with Crippen molar-refractivity contribution in [2.75, 3.05) is 0 Å². The standard InChI is InChI=1S/C14H23/c1-2-4-6-8-10-12-14-13-11-9-7-5-3-1/h1-2,7,13-14H,3-6,8-12H2/b2-1+,14-13+. The van der Waals surface area contributed by atoms with Crippen LogP contribution < -0.4 is 0 Å². The third-order valence-corrected chi connectivity index (χ3v) is 2.65. The molecule has 1 rings (SSSR count). The van der Waals surface area contributed by atoms with Crippen molar-refractivity contribution in [3.05, 3.63) is 30.7 Å². The van der Waals surface area contributed by atoms with Gasteiger partial charge in [-0.15, -0.1) is 0 Å². The monoisotopic (exact) mass is 191 g/mol. The molecular formula is C14H23. The maximum atomic E-state index is 2.42. The Kier molecular flexibility index (Phi) is 7.47. The molecule has 0 amide bonds. The third kappa shape index (κ3) is 6.94. The molecule has 0 aromatic rings. The van der Waals surface area contributed by atoms with E-state index >= 15 is 0 Å². The summed E-state index contributed by atoms with van der Waals surface area (Å²) in [5.74, 6) is 0. The zero-order valence-corrected chi connectivity index (χ0v) is 9.25. The van der Waals surface area contributed by atoms with Gasteiger partial charge in [-0.2, -0.15) is 0 Å². The molecule has 0 unspecified atom stereocenters. The first-order valence-corrected chi connectivity index (χ1v) is 6.12. The smallest absolute Gasteiger partial charge is 0.0348 e. The van der Waals surface area contributed by atoms with Gasteiger partial charge in [0.05, 0.1) is 0 Å². The van der Waals surface area contributed by atoms with Crippen molar-refractivity contribution in [1.82, 2.24) is 0 Å². The van der Waals surface area contributed by atoms with Gasteiger partial charge >= 0.3 is 0 Å². The number of allylic oxidation sites excluding steroid dienone is 4. The maximum Gasteiger partial charge on any atom is -0.0348 e. The fourth-order valence-electron chi connectivity index (χ4n) is 1.75. The highest BCUT2D eigenvalue weighted by Gasteiger charge is 1.89. The molecule has 1 radical (unpaired) electrons. The van der Waals surface area contributed by atoms with Crippen molar-refractivity contribution in [2.45, 2.75) is 57.8 Å². The molecule has 0 fully saturated rings. The van der Waals surface area contributed by atoms with Crippen molar-refractivity contribution in [1.29, 1.82) is 0 Å². The molecule has 14 heavy (non-hydrogen) atoms. The van der Waals surface area contributed by atoms with E-state index in [0.717, 1.165) is 0 Å². The zero-order valence-electron chi connectivity index (χ0n) is 9.25. The van der Waals surface area contributed by atoms with Gasteiger partial charge in [0.2, 0.25) is 0 Å². The molecule has 0 nitrogen and oxygen atoms in total. The third-order valence-electron chi connectivity index (χ3n) is 2.65. The lowest BCUT2D eigenvalue weighted by atomic mass is 10.1. The van der Waals surface area contributed by atoms with E-state index in [0.29, 0.717) is 0 Å². The largest absolute Gasteiger partial charge is 0.0885 e. The van der Waals surface area contributed by atoms with E-state index in [1.807, 2.05) is 0 Å². The first-order valence-electron chi connectivity index (χ1n) is 6.12. The summed E-state index contributed by atoms with van der Waals surface area (Å²) in [6, 6.07) is 0. The van der Waals surface area contributed by atoms with E-state index in [9.17, 15) is 0 Å². The van der Waals surface area contributed by atoms with Gasteiger partial charge in [0.1, 0.15) is 0 Å². The predicted molar refractivity (Wildman–Crippen MR) is 64.1 cm³/mol. The highest BCUT2D eigenvalue weighted by atomic mass is 14.0. The normalized spacial score (nSPS) is 26.3. The molecule has 0 N–H and O–H groups in total.